The van der Waals surface area contributed by atoms with Gasteiger partial charge in [-0.3, -0.25) is 4.79 Å². The van der Waals surface area contributed by atoms with E-state index in [0.717, 1.165) is 36.0 Å². The van der Waals surface area contributed by atoms with Crippen molar-refractivity contribution in [3.63, 3.8) is 0 Å². The number of benzene rings is 1. The van der Waals surface area contributed by atoms with Crippen molar-refractivity contribution in [3.8, 4) is 0 Å². The molecule has 0 unspecified atom stereocenters. The maximum Gasteiger partial charge on any atom is 0.163 e. The van der Waals surface area contributed by atoms with Gasteiger partial charge in [-0.15, -0.1) is 0 Å². The van der Waals surface area contributed by atoms with Crippen LogP contribution in [0.2, 0.25) is 0 Å². The molecule has 0 radical (unpaired) electrons. The fourth-order valence-corrected chi connectivity index (χ4v) is 2.55. The normalized spacial score (nSPS) is 18.2. The Bertz CT molecular complexity index is 380. The van der Waals surface area contributed by atoms with E-state index < -0.39 is 0 Å². The smallest absolute Gasteiger partial charge is 0.163 e. The summed E-state index contributed by atoms with van der Waals surface area (Å²) < 4.78 is 1.02. The van der Waals surface area contributed by atoms with Gasteiger partial charge in [0.1, 0.15) is 0 Å². The topological polar surface area (TPSA) is 20.3 Å². The minimum atomic E-state index is 0.284. The molecule has 1 saturated heterocycles. The second-order valence-electron chi connectivity index (χ2n) is 4.88. The van der Waals surface area contributed by atoms with E-state index in [-0.39, 0.29) is 5.78 Å². The third-order valence-electron chi connectivity index (χ3n) is 3.48. The minimum absolute atomic E-state index is 0.284. The second kappa shape index (κ2) is 5.78. The van der Waals surface area contributed by atoms with Crippen LogP contribution in [0.1, 0.15) is 29.6 Å². The van der Waals surface area contributed by atoms with Gasteiger partial charge in [0.2, 0.25) is 0 Å². The van der Waals surface area contributed by atoms with Gasteiger partial charge in [0.25, 0.3) is 0 Å². The standard InChI is InChI=1S/C14H18BrNO/c1-16-8-6-11(7-9-16)10-14(17)12-2-4-13(15)5-3-12/h2-5,11H,6-10H2,1H3. The Hall–Kier alpha value is -0.670. The molecule has 0 saturated carbocycles. The monoisotopic (exact) mass is 295 g/mol. The first-order chi connectivity index (χ1) is 8.15. The van der Waals surface area contributed by atoms with Gasteiger partial charge in [-0.25, -0.2) is 0 Å². The number of rotatable bonds is 3. The second-order valence-corrected chi connectivity index (χ2v) is 5.80. The molecular weight excluding hydrogens is 278 g/mol. The Kier molecular flexibility index (Phi) is 4.35. The molecule has 1 fully saturated rings. The summed E-state index contributed by atoms with van der Waals surface area (Å²) in [5, 5.41) is 0. The Morgan fingerprint density at radius 2 is 1.88 bits per heavy atom. The SMILES string of the molecule is CN1CCC(CC(=O)c2ccc(Br)cc2)CC1. The summed E-state index contributed by atoms with van der Waals surface area (Å²) in [6.45, 7) is 2.25. The van der Waals surface area contributed by atoms with Crippen LogP contribution in [-0.4, -0.2) is 30.8 Å². The molecule has 0 aliphatic carbocycles. The quantitative estimate of drug-likeness (QED) is 0.797. The van der Waals surface area contributed by atoms with E-state index in [1.54, 1.807) is 0 Å². The molecule has 0 atom stereocenters. The summed E-state index contributed by atoms with van der Waals surface area (Å²) in [6.07, 6.45) is 3.01. The van der Waals surface area contributed by atoms with Gasteiger partial charge in [0, 0.05) is 16.5 Å². The van der Waals surface area contributed by atoms with Crippen molar-refractivity contribution in [3.05, 3.63) is 34.3 Å². The van der Waals surface area contributed by atoms with Gasteiger partial charge in [-0.1, -0.05) is 28.1 Å². The molecule has 1 heterocycles. The number of carbonyl (C=O) groups excluding carboxylic acids is 1. The molecule has 0 aromatic heterocycles. The Morgan fingerprint density at radius 3 is 2.47 bits per heavy atom. The molecule has 0 amide bonds. The summed E-state index contributed by atoms with van der Waals surface area (Å²) in [5.41, 5.74) is 0.840. The first-order valence-electron chi connectivity index (χ1n) is 6.12. The molecular formula is C14H18BrNO. The van der Waals surface area contributed by atoms with Gasteiger partial charge in [-0.2, -0.15) is 0 Å². The van der Waals surface area contributed by atoms with Crippen molar-refractivity contribution in [1.29, 1.82) is 0 Å². The fraction of sp³-hybridized carbons (Fsp3) is 0.500. The lowest BCUT2D eigenvalue weighted by Crippen LogP contribution is -2.31. The predicted molar refractivity (Wildman–Crippen MR) is 73.3 cm³/mol. The number of ketones is 1. The maximum absolute atomic E-state index is 12.1. The van der Waals surface area contributed by atoms with Crippen LogP contribution in [0.4, 0.5) is 0 Å². The fourth-order valence-electron chi connectivity index (χ4n) is 2.28. The third kappa shape index (κ3) is 3.65. The molecule has 1 aromatic carbocycles. The van der Waals surface area contributed by atoms with Crippen molar-refractivity contribution in [2.75, 3.05) is 20.1 Å². The van der Waals surface area contributed by atoms with Gasteiger partial charge >= 0.3 is 0 Å². The highest BCUT2D eigenvalue weighted by molar-refractivity contribution is 9.10. The van der Waals surface area contributed by atoms with Crippen molar-refractivity contribution in [2.24, 2.45) is 5.92 Å². The molecule has 1 aliphatic rings. The largest absolute Gasteiger partial charge is 0.306 e. The summed E-state index contributed by atoms with van der Waals surface area (Å²) in [6, 6.07) is 7.67. The van der Waals surface area contributed by atoms with Gasteiger partial charge < -0.3 is 4.90 Å². The summed E-state index contributed by atoms with van der Waals surface area (Å²) in [7, 11) is 2.15. The van der Waals surface area contributed by atoms with E-state index >= 15 is 0 Å². The van der Waals surface area contributed by atoms with Gasteiger partial charge in [0.15, 0.2) is 5.78 Å². The third-order valence-corrected chi connectivity index (χ3v) is 4.01. The van der Waals surface area contributed by atoms with E-state index in [1.165, 1.54) is 0 Å². The van der Waals surface area contributed by atoms with Gasteiger partial charge in [-0.05, 0) is 51.0 Å². The lowest BCUT2D eigenvalue weighted by molar-refractivity contribution is 0.0936. The number of Topliss-reactive ketones (excluding diaryl/α,β-unsaturated/α-hetero) is 1. The highest BCUT2D eigenvalue weighted by Crippen LogP contribution is 2.22. The zero-order chi connectivity index (χ0) is 12.3. The van der Waals surface area contributed by atoms with Crippen molar-refractivity contribution >= 4 is 21.7 Å². The molecule has 0 bridgehead atoms. The number of hydrogen-bond acceptors (Lipinski definition) is 2. The lowest BCUT2D eigenvalue weighted by Gasteiger charge is -2.28. The average molecular weight is 296 g/mol. The molecule has 17 heavy (non-hydrogen) atoms. The van der Waals surface area contributed by atoms with Gasteiger partial charge in [0.05, 0.1) is 0 Å². The van der Waals surface area contributed by atoms with Crippen LogP contribution in [-0.2, 0) is 0 Å². The highest BCUT2D eigenvalue weighted by Gasteiger charge is 2.19. The minimum Gasteiger partial charge on any atom is -0.306 e. The Labute approximate surface area is 111 Å². The zero-order valence-electron chi connectivity index (χ0n) is 10.2. The Balaban J connectivity index is 1.91. The summed E-state index contributed by atoms with van der Waals surface area (Å²) in [4.78, 5) is 14.4. The van der Waals surface area contributed by atoms with E-state index in [2.05, 4.69) is 27.9 Å². The van der Waals surface area contributed by atoms with E-state index in [9.17, 15) is 4.79 Å². The van der Waals surface area contributed by atoms with E-state index in [1.807, 2.05) is 24.3 Å². The summed E-state index contributed by atoms with van der Waals surface area (Å²) in [5.74, 6) is 0.856. The van der Waals surface area contributed by atoms with Crippen LogP contribution in [0.5, 0.6) is 0 Å². The predicted octanol–water partition coefficient (Wildman–Crippen LogP) is 3.36. The number of halogens is 1. The van der Waals surface area contributed by atoms with Crippen LogP contribution in [0, 0.1) is 5.92 Å². The highest BCUT2D eigenvalue weighted by atomic mass is 79.9. The van der Waals surface area contributed by atoms with E-state index in [4.69, 9.17) is 0 Å². The molecule has 3 heteroatoms. The first kappa shape index (κ1) is 12.8. The molecule has 0 spiro atoms. The maximum atomic E-state index is 12.1. The lowest BCUT2D eigenvalue weighted by atomic mass is 9.90. The van der Waals surface area contributed by atoms with Crippen LogP contribution < -0.4 is 0 Å². The molecule has 2 rings (SSSR count). The van der Waals surface area contributed by atoms with Crippen LogP contribution in [0.15, 0.2) is 28.7 Å². The van der Waals surface area contributed by atoms with Crippen LogP contribution >= 0.6 is 15.9 Å². The molecule has 1 aromatic rings. The van der Waals surface area contributed by atoms with E-state index in [0.29, 0.717) is 12.3 Å². The number of likely N-dealkylation sites (tertiary alicyclic amines) is 1. The van der Waals surface area contributed by atoms with Crippen LogP contribution in [0.25, 0.3) is 0 Å². The number of piperidine rings is 1. The molecule has 1 aliphatic heterocycles. The summed E-state index contributed by atoms with van der Waals surface area (Å²) >= 11 is 3.38. The number of carbonyl (C=O) groups is 1. The average Bonchev–Trinajstić information content (AvgIpc) is 2.33. The van der Waals surface area contributed by atoms with Crippen LogP contribution in [0.3, 0.4) is 0 Å². The first-order valence-corrected chi connectivity index (χ1v) is 6.92. The molecule has 2 nitrogen and oxygen atoms in total. The van der Waals surface area contributed by atoms with Crippen molar-refractivity contribution < 1.29 is 4.79 Å². The molecule has 0 N–H and O–H groups in total. The number of hydrogen-bond donors (Lipinski definition) is 0. The molecule has 92 valence electrons. The zero-order valence-corrected chi connectivity index (χ0v) is 11.7. The number of nitrogens with zero attached hydrogens (tertiary/aromatic N) is 1. The Morgan fingerprint density at radius 1 is 1.29 bits per heavy atom. The van der Waals surface area contributed by atoms with Crippen molar-refractivity contribution in [2.45, 2.75) is 19.3 Å². The van der Waals surface area contributed by atoms with Crippen molar-refractivity contribution in [1.82, 2.24) is 4.90 Å².